The van der Waals surface area contributed by atoms with Crippen molar-refractivity contribution < 1.29 is 0 Å². The molecule has 0 amide bonds. The first-order valence-corrected chi connectivity index (χ1v) is 7.01. The van der Waals surface area contributed by atoms with E-state index in [2.05, 4.69) is 62.7 Å². The molecule has 0 aliphatic carbocycles. The molecule has 0 saturated heterocycles. The van der Waals surface area contributed by atoms with Crippen molar-refractivity contribution in [1.29, 1.82) is 0 Å². The Morgan fingerprint density at radius 1 is 1.24 bits per heavy atom. The molecule has 0 aromatic carbocycles. The molecule has 0 fully saturated rings. The molecule has 17 heavy (non-hydrogen) atoms. The highest BCUT2D eigenvalue weighted by Crippen LogP contribution is 2.31. The third-order valence-corrected chi connectivity index (χ3v) is 4.47. The van der Waals surface area contributed by atoms with E-state index in [0.29, 0.717) is 0 Å². The minimum atomic E-state index is 1.02. The molecule has 3 rings (SSSR count). The van der Waals surface area contributed by atoms with Crippen molar-refractivity contribution >= 4 is 32.9 Å². The largest absolute Gasteiger partial charge is 0.296 e. The maximum absolute atomic E-state index is 4.48. The molecule has 0 aliphatic heterocycles. The van der Waals surface area contributed by atoms with E-state index in [-0.39, 0.29) is 0 Å². The Hall–Kier alpha value is -1.13. The van der Waals surface area contributed by atoms with Gasteiger partial charge in [0.05, 0.1) is 16.8 Å². The van der Waals surface area contributed by atoms with Crippen LogP contribution in [0.4, 0.5) is 0 Å². The summed E-state index contributed by atoms with van der Waals surface area (Å²) >= 11 is 5.22. The highest BCUT2D eigenvalue weighted by molar-refractivity contribution is 9.10. The Bertz CT molecular complexity index is 697. The van der Waals surface area contributed by atoms with Gasteiger partial charge in [0.25, 0.3) is 0 Å². The monoisotopic (exact) mass is 306 g/mol. The average molecular weight is 307 g/mol. The fourth-order valence-corrected chi connectivity index (χ4v) is 3.53. The molecule has 86 valence electrons. The number of nitrogens with zero attached hydrogens (tertiary/aromatic N) is 2. The van der Waals surface area contributed by atoms with E-state index in [1.165, 1.54) is 16.1 Å². The third-order valence-electron chi connectivity index (χ3n) is 2.76. The molecule has 0 spiro atoms. The molecular formula is C13H11BrN2S. The first kappa shape index (κ1) is 11.0. The molecule has 0 N–H and O–H groups in total. The topological polar surface area (TPSA) is 17.3 Å². The maximum atomic E-state index is 4.48. The summed E-state index contributed by atoms with van der Waals surface area (Å²) in [6, 6.07) is 6.42. The summed E-state index contributed by atoms with van der Waals surface area (Å²) in [5.74, 6) is 0. The van der Waals surface area contributed by atoms with Gasteiger partial charge in [-0.1, -0.05) is 0 Å². The van der Waals surface area contributed by atoms with Crippen LogP contribution in [0.15, 0.2) is 34.2 Å². The zero-order chi connectivity index (χ0) is 12.0. The summed E-state index contributed by atoms with van der Waals surface area (Å²) in [6.07, 6.45) is 1.94. The molecule has 3 aromatic rings. The predicted molar refractivity (Wildman–Crippen MR) is 75.7 cm³/mol. The molecule has 3 aromatic heterocycles. The van der Waals surface area contributed by atoms with E-state index in [1.807, 2.05) is 6.20 Å². The van der Waals surface area contributed by atoms with Crippen LogP contribution < -0.4 is 0 Å². The fraction of sp³-hybridized carbons (Fsp3) is 0.154. The predicted octanol–water partition coefficient (Wildman–Crippen LogP) is 4.44. The van der Waals surface area contributed by atoms with Gasteiger partial charge in [0.2, 0.25) is 0 Å². The van der Waals surface area contributed by atoms with Crippen LogP contribution in [0.3, 0.4) is 0 Å². The molecule has 0 saturated carbocycles. The van der Waals surface area contributed by atoms with Gasteiger partial charge in [-0.2, -0.15) is 0 Å². The smallest absolute Gasteiger partial charge is 0.137 e. The summed E-state index contributed by atoms with van der Waals surface area (Å²) in [4.78, 5) is 5.71. The van der Waals surface area contributed by atoms with Gasteiger partial charge in [-0.05, 0) is 53.5 Å². The van der Waals surface area contributed by atoms with E-state index in [9.17, 15) is 0 Å². The number of imidazole rings is 1. The van der Waals surface area contributed by atoms with Gasteiger partial charge < -0.3 is 0 Å². The molecular weight excluding hydrogens is 296 g/mol. The number of aryl methyl sites for hydroxylation is 2. The Morgan fingerprint density at radius 2 is 2.06 bits per heavy atom. The first-order chi connectivity index (χ1) is 8.15. The third kappa shape index (κ3) is 1.81. The van der Waals surface area contributed by atoms with E-state index in [4.69, 9.17) is 0 Å². The SMILES string of the molecule is Cc1cc(C)n2c(-c3cc(Br)cs3)cnc2c1. The molecule has 0 radical (unpaired) electrons. The number of aromatic nitrogens is 2. The van der Waals surface area contributed by atoms with Crippen molar-refractivity contribution in [1.82, 2.24) is 9.38 Å². The lowest BCUT2D eigenvalue weighted by atomic mass is 10.2. The van der Waals surface area contributed by atoms with E-state index < -0.39 is 0 Å². The van der Waals surface area contributed by atoms with Crippen LogP contribution in [0, 0.1) is 13.8 Å². The second kappa shape index (κ2) is 3.96. The lowest BCUT2D eigenvalue weighted by Crippen LogP contribution is -1.93. The Labute approximate surface area is 112 Å². The van der Waals surface area contributed by atoms with Crippen LogP contribution in [0.5, 0.6) is 0 Å². The number of fused-ring (bicyclic) bond motifs is 1. The number of pyridine rings is 1. The summed E-state index contributed by atoms with van der Waals surface area (Å²) < 4.78 is 3.32. The summed E-state index contributed by atoms with van der Waals surface area (Å²) in [5.41, 5.74) is 4.65. The van der Waals surface area contributed by atoms with Crippen LogP contribution in [0.2, 0.25) is 0 Å². The van der Waals surface area contributed by atoms with E-state index in [0.717, 1.165) is 15.8 Å². The van der Waals surface area contributed by atoms with Crippen LogP contribution in [-0.2, 0) is 0 Å². The second-order valence-electron chi connectivity index (χ2n) is 4.14. The molecule has 0 atom stereocenters. The van der Waals surface area contributed by atoms with Crippen molar-refractivity contribution in [2.75, 3.05) is 0 Å². The van der Waals surface area contributed by atoms with Gasteiger partial charge >= 0.3 is 0 Å². The molecule has 0 aliphatic rings. The fourth-order valence-electron chi connectivity index (χ4n) is 2.10. The van der Waals surface area contributed by atoms with Gasteiger partial charge in [-0.3, -0.25) is 4.40 Å². The highest BCUT2D eigenvalue weighted by atomic mass is 79.9. The van der Waals surface area contributed by atoms with Crippen LogP contribution >= 0.6 is 27.3 Å². The van der Waals surface area contributed by atoms with Gasteiger partial charge in [0.1, 0.15) is 5.65 Å². The van der Waals surface area contributed by atoms with Crippen molar-refractivity contribution in [3.63, 3.8) is 0 Å². The van der Waals surface area contributed by atoms with Crippen molar-refractivity contribution in [2.24, 2.45) is 0 Å². The standard InChI is InChI=1S/C13H11BrN2S/c1-8-3-9(2)16-11(6-15-13(16)4-8)12-5-10(14)7-17-12/h3-7H,1-2H3. The Balaban J connectivity index is 2.31. The van der Waals surface area contributed by atoms with Crippen molar-refractivity contribution in [3.8, 4) is 10.6 Å². The Kier molecular flexibility index (Phi) is 2.56. The second-order valence-corrected chi connectivity index (χ2v) is 5.97. The van der Waals surface area contributed by atoms with Gasteiger partial charge in [0, 0.05) is 15.5 Å². The minimum Gasteiger partial charge on any atom is -0.296 e. The summed E-state index contributed by atoms with van der Waals surface area (Å²) in [5, 5.41) is 2.10. The zero-order valence-electron chi connectivity index (χ0n) is 9.57. The zero-order valence-corrected chi connectivity index (χ0v) is 12.0. The average Bonchev–Trinajstić information content (AvgIpc) is 2.83. The number of hydrogen-bond donors (Lipinski definition) is 0. The molecule has 0 bridgehead atoms. The Morgan fingerprint density at radius 3 is 2.76 bits per heavy atom. The van der Waals surface area contributed by atoms with Crippen LogP contribution in [0.25, 0.3) is 16.2 Å². The highest BCUT2D eigenvalue weighted by Gasteiger charge is 2.10. The van der Waals surface area contributed by atoms with Crippen LogP contribution in [0.1, 0.15) is 11.3 Å². The molecule has 3 heterocycles. The molecule has 4 heteroatoms. The number of thiophene rings is 1. The number of rotatable bonds is 1. The van der Waals surface area contributed by atoms with E-state index in [1.54, 1.807) is 11.3 Å². The van der Waals surface area contributed by atoms with Crippen molar-refractivity contribution in [2.45, 2.75) is 13.8 Å². The van der Waals surface area contributed by atoms with Gasteiger partial charge in [-0.25, -0.2) is 4.98 Å². The molecule has 0 unspecified atom stereocenters. The quantitative estimate of drug-likeness (QED) is 0.649. The van der Waals surface area contributed by atoms with Gasteiger partial charge in [0.15, 0.2) is 0 Å². The minimum absolute atomic E-state index is 1.02. The van der Waals surface area contributed by atoms with E-state index >= 15 is 0 Å². The number of halogens is 1. The summed E-state index contributed by atoms with van der Waals surface area (Å²) in [7, 11) is 0. The lowest BCUT2D eigenvalue weighted by molar-refractivity contribution is 1.09. The first-order valence-electron chi connectivity index (χ1n) is 5.34. The van der Waals surface area contributed by atoms with Gasteiger partial charge in [-0.15, -0.1) is 11.3 Å². The molecule has 2 nitrogen and oxygen atoms in total. The summed E-state index contributed by atoms with van der Waals surface area (Å²) in [6.45, 7) is 4.22. The lowest BCUT2D eigenvalue weighted by Gasteiger charge is -2.05. The number of hydrogen-bond acceptors (Lipinski definition) is 2. The normalized spacial score (nSPS) is 11.2. The van der Waals surface area contributed by atoms with Crippen LogP contribution in [-0.4, -0.2) is 9.38 Å². The van der Waals surface area contributed by atoms with Crippen molar-refractivity contribution in [3.05, 3.63) is 45.5 Å². The maximum Gasteiger partial charge on any atom is 0.137 e.